The number of aliphatic carboxylic acids is 1. The Balaban J connectivity index is 1.55. The number of methoxy groups -OCH3 is 1. The molecule has 0 fully saturated rings. The number of benzene rings is 2. The summed E-state index contributed by atoms with van der Waals surface area (Å²) in [5.74, 6) is 4.49. The van der Waals surface area contributed by atoms with E-state index in [1.165, 1.54) is 5.56 Å². The smallest absolute Gasteiger partial charge is 0.382 e. The van der Waals surface area contributed by atoms with E-state index in [1.54, 1.807) is 24.6 Å². The second kappa shape index (κ2) is 9.94. The van der Waals surface area contributed by atoms with Gasteiger partial charge in [0.25, 0.3) is 0 Å². The van der Waals surface area contributed by atoms with Crippen molar-refractivity contribution in [3.05, 3.63) is 83.6 Å². The van der Waals surface area contributed by atoms with Crippen molar-refractivity contribution in [2.75, 3.05) is 18.6 Å². The maximum absolute atomic E-state index is 10.6. The molecule has 2 aromatic heterocycles. The van der Waals surface area contributed by atoms with Crippen LogP contribution in [-0.2, 0) is 17.8 Å². The fourth-order valence-electron chi connectivity index (χ4n) is 3.23. The standard InChI is InChI=1S/C25H21N3O3S/c1-31-21-11-8-19(9-12-21)14-16-28(25-27-24-22(32-25)3-2-15-26-24)17-20-6-4-18(5-7-20)10-13-23(29)30/h2-9,11-12,15H,14,16-17H2,1H3,(H,29,30). The van der Waals surface area contributed by atoms with Crippen molar-refractivity contribution in [3.63, 3.8) is 0 Å². The van der Waals surface area contributed by atoms with Crippen LogP contribution in [0.3, 0.4) is 0 Å². The van der Waals surface area contributed by atoms with Crippen LogP contribution in [0.15, 0.2) is 66.9 Å². The van der Waals surface area contributed by atoms with Crippen LogP contribution in [0.1, 0.15) is 16.7 Å². The summed E-state index contributed by atoms with van der Waals surface area (Å²) in [6, 6.07) is 19.7. The highest BCUT2D eigenvalue weighted by Crippen LogP contribution is 2.29. The monoisotopic (exact) mass is 443 g/mol. The molecule has 2 aromatic carbocycles. The Bertz CT molecular complexity index is 1240. The molecule has 0 saturated carbocycles. The van der Waals surface area contributed by atoms with Crippen molar-refractivity contribution in [1.29, 1.82) is 0 Å². The second-order valence-corrected chi connectivity index (χ2v) is 8.10. The molecule has 0 saturated heterocycles. The molecule has 0 radical (unpaired) electrons. The minimum atomic E-state index is -1.14. The molecule has 0 atom stereocenters. The molecule has 0 spiro atoms. The Kier molecular flexibility index (Phi) is 6.63. The van der Waals surface area contributed by atoms with Crippen molar-refractivity contribution in [2.45, 2.75) is 13.0 Å². The number of carbonyl (C=O) groups is 1. The maximum Gasteiger partial charge on any atom is 0.382 e. The van der Waals surface area contributed by atoms with Gasteiger partial charge in [-0.1, -0.05) is 41.5 Å². The maximum atomic E-state index is 10.6. The first-order valence-corrected chi connectivity index (χ1v) is 10.9. The predicted octanol–water partition coefficient (Wildman–Crippen LogP) is 4.39. The molecule has 2 heterocycles. The quantitative estimate of drug-likeness (QED) is 0.427. The first-order chi connectivity index (χ1) is 15.6. The number of aromatic nitrogens is 2. The minimum Gasteiger partial charge on any atom is -0.497 e. The number of fused-ring (bicyclic) bond motifs is 1. The van der Waals surface area contributed by atoms with Gasteiger partial charge in [0, 0.05) is 30.8 Å². The van der Waals surface area contributed by atoms with Gasteiger partial charge in [-0.15, -0.1) is 0 Å². The van der Waals surface area contributed by atoms with E-state index in [2.05, 4.69) is 33.9 Å². The number of hydrogen-bond acceptors (Lipinski definition) is 6. The lowest BCUT2D eigenvalue weighted by molar-refractivity contribution is -0.130. The van der Waals surface area contributed by atoms with Crippen LogP contribution in [0.2, 0.25) is 0 Å². The summed E-state index contributed by atoms with van der Waals surface area (Å²) in [6.07, 6.45) is 2.61. The van der Waals surface area contributed by atoms with E-state index in [0.29, 0.717) is 12.1 Å². The topological polar surface area (TPSA) is 75.5 Å². The molecule has 6 nitrogen and oxygen atoms in total. The molecule has 7 heteroatoms. The Labute approximate surface area is 190 Å². The van der Waals surface area contributed by atoms with E-state index in [0.717, 1.165) is 39.8 Å². The van der Waals surface area contributed by atoms with Gasteiger partial charge in [-0.25, -0.2) is 9.78 Å². The van der Waals surface area contributed by atoms with Gasteiger partial charge in [-0.3, -0.25) is 0 Å². The zero-order valence-electron chi connectivity index (χ0n) is 17.5. The number of anilines is 1. The van der Waals surface area contributed by atoms with Gasteiger partial charge in [-0.2, -0.15) is 4.98 Å². The molecule has 0 aliphatic rings. The summed E-state index contributed by atoms with van der Waals surface area (Å²) in [4.78, 5) is 22.0. The summed E-state index contributed by atoms with van der Waals surface area (Å²) in [5.41, 5.74) is 3.73. The van der Waals surface area contributed by atoms with Gasteiger partial charge in [0.1, 0.15) is 5.75 Å². The van der Waals surface area contributed by atoms with Crippen molar-refractivity contribution < 1.29 is 14.6 Å². The number of carboxylic acids is 1. The normalized spacial score (nSPS) is 10.4. The Hall–Kier alpha value is -3.89. The summed E-state index contributed by atoms with van der Waals surface area (Å²) in [5, 5.41) is 9.64. The average Bonchev–Trinajstić information content (AvgIpc) is 3.25. The van der Waals surface area contributed by atoms with Gasteiger partial charge in [0.15, 0.2) is 10.8 Å². The lowest BCUT2D eigenvalue weighted by Gasteiger charge is -2.22. The predicted molar refractivity (Wildman–Crippen MR) is 126 cm³/mol. The third kappa shape index (κ3) is 5.42. The number of carboxylic acid groups (broad SMARTS) is 1. The second-order valence-electron chi connectivity index (χ2n) is 7.09. The van der Waals surface area contributed by atoms with E-state index in [4.69, 9.17) is 14.8 Å². The van der Waals surface area contributed by atoms with Crippen LogP contribution in [-0.4, -0.2) is 34.7 Å². The molecular formula is C25H21N3O3S. The molecule has 0 aliphatic carbocycles. The van der Waals surface area contributed by atoms with E-state index in [-0.39, 0.29) is 0 Å². The Morgan fingerprint density at radius 1 is 1.09 bits per heavy atom. The van der Waals surface area contributed by atoms with Crippen molar-refractivity contribution in [1.82, 2.24) is 9.97 Å². The lowest BCUT2D eigenvalue weighted by atomic mass is 10.1. The zero-order chi connectivity index (χ0) is 22.3. The van der Waals surface area contributed by atoms with E-state index >= 15 is 0 Å². The van der Waals surface area contributed by atoms with Crippen molar-refractivity contribution >= 4 is 32.8 Å². The molecule has 32 heavy (non-hydrogen) atoms. The summed E-state index contributed by atoms with van der Waals surface area (Å²) < 4.78 is 6.30. The molecule has 0 amide bonds. The van der Waals surface area contributed by atoms with Gasteiger partial charge < -0.3 is 14.7 Å². The van der Waals surface area contributed by atoms with Crippen molar-refractivity contribution in [3.8, 4) is 17.6 Å². The highest BCUT2D eigenvalue weighted by molar-refractivity contribution is 7.22. The number of hydrogen-bond donors (Lipinski definition) is 1. The van der Waals surface area contributed by atoms with Crippen LogP contribution in [0.5, 0.6) is 5.75 Å². The number of thiazole rings is 1. The zero-order valence-corrected chi connectivity index (χ0v) is 18.3. The van der Waals surface area contributed by atoms with Gasteiger partial charge >= 0.3 is 5.97 Å². The fraction of sp³-hybridized carbons (Fsp3) is 0.160. The molecule has 4 rings (SSSR count). The number of nitrogens with zero attached hydrogens (tertiary/aromatic N) is 3. The molecule has 0 aliphatic heterocycles. The third-order valence-corrected chi connectivity index (χ3v) is 5.97. The molecular weight excluding hydrogens is 422 g/mol. The molecule has 0 bridgehead atoms. The number of pyridine rings is 1. The summed E-state index contributed by atoms with van der Waals surface area (Å²) in [7, 11) is 1.66. The van der Waals surface area contributed by atoms with Gasteiger partial charge in [0.2, 0.25) is 0 Å². The van der Waals surface area contributed by atoms with Gasteiger partial charge in [-0.05, 0) is 53.9 Å². The van der Waals surface area contributed by atoms with Gasteiger partial charge in [0.05, 0.1) is 11.8 Å². The highest BCUT2D eigenvalue weighted by atomic mass is 32.1. The van der Waals surface area contributed by atoms with Crippen LogP contribution < -0.4 is 9.64 Å². The van der Waals surface area contributed by atoms with Crippen LogP contribution >= 0.6 is 11.3 Å². The summed E-state index contributed by atoms with van der Waals surface area (Å²) in [6.45, 7) is 1.45. The first kappa shape index (κ1) is 21.3. The Morgan fingerprint density at radius 2 is 1.84 bits per heavy atom. The van der Waals surface area contributed by atoms with E-state index < -0.39 is 5.97 Å². The number of ether oxygens (including phenoxy) is 1. The minimum absolute atomic E-state index is 0.669. The fourth-order valence-corrected chi connectivity index (χ4v) is 4.18. The molecule has 160 valence electrons. The van der Waals surface area contributed by atoms with Crippen LogP contribution in [0.4, 0.5) is 5.13 Å². The lowest BCUT2D eigenvalue weighted by Crippen LogP contribution is -2.25. The number of rotatable bonds is 7. The molecule has 0 unspecified atom stereocenters. The summed E-state index contributed by atoms with van der Waals surface area (Å²) >= 11 is 1.63. The average molecular weight is 444 g/mol. The molecule has 4 aromatic rings. The van der Waals surface area contributed by atoms with Crippen LogP contribution in [0, 0.1) is 11.8 Å². The highest BCUT2D eigenvalue weighted by Gasteiger charge is 2.14. The first-order valence-electron chi connectivity index (χ1n) is 10.0. The van der Waals surface area contributed by atoms with Crippen LogP contribution in [0.25, 0.3) is 10.3 Å². The van der Waals surface area contributed by atoms with E-state index in [1.807, 2.05) is 48.5 Å². The van der Waals surface area contributed by atoms with E-state index in [9.17, 15) is 4.79 Å². The Morgan fingerprint density at radius 3 is 2.53 bits per heavy atom. The molecule has 1 N–H and O–H groups in total. The SMILES string of the molecule is COc1ccc(CCN(Cc2ccc(C#CC(=O)O)cc2)c2nc3ncccc3s2)cc1. The van der Waals surface area contributed by atoms with Crippen molar-refractivity contribution in [2.24, 2.45) is 0 Å². The largest absolute Gasteiger partial charge is 0.497 e. The third-order valence-electron chi connectivity index (χ3n) is 4.89.